The zero-order valence-corrected chi connectivity index (χ0v) is 21.2. The van der Waals surface area contributed by atoms with E-state index < -0.39 is 35.5 Å². The van der Waals surface area contributed by atoms with Crippen molar-refractivity contribution in [1.29, 1.82) is 0 Å². The van der Waals surface area contributed by atoms with Gasteiger partial charge in [-0.25, -0.2) is 4.79 Å². The first-order valence-corrected chi connectivity index (χ1v) is 12.2. The van der Waals surface area contributed by atoms with Crippen molar-refractivity contribution in [2.75, 3.05) is 13.2 Å². The van der Waals surface area contributed by atoms with Crippen LogP contribution in [0.25, 0.3) is 0 Å². The van der Waals surface area contributed by atoms with E-state index in [0.717, 1.165) is 12.7 Å². The standard InChI is InChI=1S/C26H36O9/c1-15(28)33-14-26(5)22-9-6-18(12-27)20(25(22,4)11-10-23(26)35-17(3)30)8-7-19-21(34-16(2)29)13-32-24(19)31/h7,12,18,20-23H,6,8-11,13-14H2,1-5H3/b19-7+/t18-,20+,21+,22-,23+,25-,26-/m0/s1. The molecule has 0 amide bonds. The Kier molecular flexibility index (Phi) is 8.07. The quantitative estimate of drug-likeness (QED) is 0.228. The highest BCUT2D eigenvalue weighted by Crippen LogP contribution is 2.62. The molecule has 9 heteroatoms. The molecule has 2 aliphatic carbocycles. The molecular weight excluding hydrogens is 456 g/mol. The highest BCUT2D eigenvalue weighted by Gasteiger charge is 2.60. The van der Waals surface area contributed by atoms with Crippen LogP contribution in [0.15, 0.2) is 11.6 Å². The third-order valence-corrected chi connectivity index (χ3v) is 8.34. The Labute approximate surface area is 205 Å². The Morgan fingerprint density at radius 1 is 1.03 bits per heavy atom. The van der Waals surface area contributed by atoms with Gasteiger partial charge in [-0.3, -0.25) is 14.4 Å². The molecule has 1 saturated heterocycles. The number of fused-ring (bicyclic) bond motifs is 1. The van der Waals surface area contributed by atoms with Gasteiger partial charge >= 0.3 is 23.9 Å². The maximum Gasteiger partial charge on any atom is 0.337 e. The minimum atomic E-state index is -0.754. The molecule has 2 saturated carbocycles. The van der Waals surface area contributed by atoms with Gasteiger partial charge in [0.2, 0.25) is 0 Å². The first-order valence-electron chi connectivity index (χ1n) is 12.2. The maximum atomic E-state index is 12.3. The van der Waals surface area contributed by atoms with Crippen LogP contribution in [-0.4, -0.2) is 55.6 Å². The number of hydrogen-bond acceptors (Lipinski definition) is 9. The van der Waals surface area contributed by atoms with E-state index in [2.05, 4.69) is 6.92 Å². The van der Waals surface area contributed by atoms with E-state index in [1.165, 1.54) is 20.8 Å². The molecule has 0 bridgehead atoms. The Balaban J connectivity index is 1.94. The molecule has 7 atom stereocenters. The predicted octanol–water partition coefficient (Wildman–Crippen LogP) is 2.93. The molecule has 3 aliphatic rings. The summed E-state index contributed by atoms with van der Waals surface area (Å²) >= 11 is 0. The van der Waals surface area contributed by atoms with Gasteiger partial charge in [0.05, 0.1) is 5.57 Å². The Hall–Kier alpha value is -2.71. The Bertz CT molecular complexity index is 908. The van der Waals surface area contributed by atoms with Crippen molar-refractivity contribution >= 4 is 30.2 Å². The van der Waals surface area contributed by atoms with Crippen molar-refractivity contribution in [1.82, 2.24) is 0 Å². The van der Waals surface area contributed by atoms with Gasteiger partial charge in [-0.05, 0) is 49.4 Å². The fourth-order valence-corrected chi connectivity index (χ4v) is 6.75. The fraction of sp³-hybridized carbons (Fsp3) is 0.731. The number of allylic oxidation sites excluding steroid dienone is 1. The van der Waals surface area contributed by atoms with E-state index in [1.54, 1.807) is 6.08 Å². The molecule has 0 unspecified atom stereocenters. The lowest BCUT2D eigenvalue weighted by molar-refractivity contribution is -0.199. The van der Waals surface area contributed by atoms with E-state index in [0.29, 0.717) is 31.3 Å². The average molecular weight is 493 g/mol. The second kappa shape index (κ2) is 10.5. The van der Waals surface area contributed by atoms with Gasteiger partial charge < -0.3 is 23.7 Å². The number of hydrogen-bond donors (Lipinski definition) is 0. The fourth-order valence-electron chi connectivity index (χ4n) is 6.75. The summed E-state index contributed by atoms with van der Waals surface area (Å²) in [5, 5.41) is 0. The second-order valence-corrected chi connectivity index (χ2v) is 10.6. The number of aldehydes is 1. The minimum Gasteiger partial charge on any atom is -0.465 e. The van der Waals surface area contributed by atoms with Gasteiger partial charge in [-0.1, -0.05) is 19.9 Å². The lowest BCUT2D eigenvalue weighted by atomic mass is 9.45. The van der Waals surface area contributed by atoms with Crippen molar-refractivity contribution in [3.05, 3.63) is 11.6 Å². The van der Waals surface area contributed by atoms with Crippen molar-refractivity contribution in [2.24, 2.45) is 28.6 Å². The van der Waals surface area contributed by atoms with Crippen LogP contribution >= 0.6 is 0 Å². The first kappa shape index (κ1) is 26.9. The monoisotopic (exact) mass is 492 g/mol. The highest BCUT2D eigenvalue weighted by atomic mass is 16.6. The van der Waals surface area contributed by atoms with Crippen LogP contribution in [0.2, 0.25) is 0 Å². The number of ether oxygens (including phenoxy) is 4. The first-order chi connectivity index (χ1) is 16.4. The normalized spacial score (nSPS) is 37.7. The van der Waals surface area contributed by atoms with Crippen LogP contribution in [0.1, 0.15) is 66.7 Å². The van der Waals surface area contributed by atoms with Gasteiger partial charge in [0, 0.05) is 32.1 Å². The van der Waals surface area contributed by atoms with Crippen molar-refractivity contribution in [3.63, 3.8) is 0 Å². The van der Waals surface area contributed by atoms with E-state index in [4.69, 9.17) is 18.9 Å². The predicted molar refractivity (Wildman–Crippen MR) is 123 cm³/mol. The number of cyclic esters (lactones) is 1. The molecule has 9 nitrogen and oxygen atoms in total. The number of carbonyl (C=O) groups excluding carboxylic acids is 5. The minimum absolute atomic E-state index is 0.00634. The SMILES string of the molecule is CC(=O)OC[C@@]1(C)[C@H]2CC[C@@H](C=O)[C@@H](C/C=C3/C(=O)OC[C@H]3OC(C)=O)[C@]2(C)CC[C@H]1OC(C)=O. The topological polar surface area (TPSA) is 122 Å². The molecule has 3 rings (SSSR count). The molecular formula is C26H36O9. The van der Waals surface area contributed by atoms with Crippen molar-refractivity contribution < 1.29 is 42.9 Å². The van der Waals surface area contributed by atoms with Crippen LogP contribution in [0, 0.1) is 28.6 Å². The molecule has 0 spiro atoms. The molecule has 1 heterocycles. The third kappa shape index (κ3) is 5.43. The molecule has 35 heavy (non-hydrogen) atoms. The lowest BCUT2D eigenvalue weighted by Crippen LogP contribution is -2.59. The summed E-state index contributed by atoms with van der Waals surface area (Å²) in [5.41, 5.74) is -0.672. The van der Waals surface area contributed by atoms with Crippen LogP contribution < -0.4 is 0 Å². The van der Waals surface area contributed by atoms with Gasteiger partial charge in [-0.15, -0.1) is 0 Å². The van der Waals surface area contributed by atoms with Crippen molar-refractivity contribution in [2.45, 2.75) is 78.9 Å². The van der Waals surface area contributed by atoms with E-state index >= 15 is 0 Å². The molecule has 0 aromatic heterocycles. The van der Waals surface area contributed by atoms with Gasteiger partial charge in [0.1, 0.15) is 25.6 Å². The number of rotatable bonds is 7. The third-order valence-electron chi connectivity index (χ3n) is 8.34. The smallest absolute Gasteiger partial charge is 0.337 e. The zero-order valence-electron chi connectivity index (χ0n) is 21.2. The molecule has 0 radical (unpaired) electrons. The lowest BCUT2D eigenvalue weighted by Gasteiger charge is -2.61. The van der Waals surface area contributed by atoms with Crippen LogP contribution in [0.4, 0.5) is 0 Å². The second-order valence-electron chi connectivity index (χ2n) is 10.6. The summed E-state index contributed by atoms with van der Waals surface area (Å²) in [4.78, 5) is 59.4. The summed E-state index contributed by atoms with van der Waals surface area (Å²) in [6.07, 6.45) is 4.64. The van der Waals surface area contributed by atoms with Gasteiger partial charge in [0.15, 0.2) is 6.10 Å². The van der Waals surface area contributed by atoms with E-state index in [-0.39, 0.29) is 42.4 Å². The average Bonchev–Trinajstić information content (AvgIpc) is 3.11. The molecule has 1 aliphatic heterocycles. The summed E-state index contributed by atoms with van der Waals surface area (Å²) in [7, 11) is 0. The molecule has 0 aromatic rings. The van der Waals surface area contributed by atoms with E-state index in [1.807, 2.05) is 6.92 Å². The summed E-state index contributed by atoms with van der Waals surface area (Å²) in [6, 6.07) is 0. The van der Waals surface area contributed by atoms with Crippen LogP contribution in [-0.2, 0) is 42.9 Å². The summed E-state index contributed by atoms with van der Waals surface area (Å²) in [6.45, 7) is 8.23. The van der Waals surface area contributed by atoms with E-state index in [9.17, 15) is 24.0 Å². The Morgan fingerprint density at radius 2 is 1.71 bits per heavy atom. The highest BCUT2D eigenvalue weighted by molar-refractivity contribution is 5.92. The number of esters is 4. The molecule has 194 valence electrons. The van der Waals surface area contributed by atoms with Gasteiger partial charge in [-0.2, -0.15) is 0 Å². The largest absolute Gasteiger partial charge is 0.465 e. The maximum absolute atomic E-state index is 12.3. The number of carbonyl (C=O) groups is 5. The summed E-state index contributed by atoms with van der Waals surface area (Å²) < 4.78 is 21.5. The molecule has 0 N–H and O–H groups in total. The summed E-state index contributed by atoms with van der Waals surface area (Å²) in [5.74, 6) is -2.12. The molecule has 3 fully saturated rings. The Morgan fingerprint density at radius 3 is 2.31 bits per heavy atom. The van der Waals surface area contributed by atoms with Crippen LogP contribution in [0.5, 0.6) is 0 Å². The van der Waals surface area contributed by atoms with Gasteiger partial charge in [0.25, 0.3) is 0 Å². The zero-order chi connectivity index (χ0) is 26.0. The van der Waals surface area contributed by atoms with Crippen molar-refractivity contribution in [3.8, 4) is 0 Å². The van der Waals surface area contributed by atoms with Crippen LogP contribution in [0.3, 0.4) is 0 Å². The molecule has 0 aromatic carbocycles.